The van der Waals surface area contributed by atoms with E-state index in [1.54, 1.807) is 18.2 Å². The van der Waals surface area contributed by atoms with Crippen molar-refractivity contribution in [1.29, 1.82) is 0 Å². The lowest BCUT2D eigenvalue weighted by molar-refractivity contribution is -0.121. The maximum absolute atomic E-state index is 12.3. The fraction of sp³-hybridized carbons (Fsp3) is 0.130. The summed E-state index contributed by atoms with van der Waals surface area (Å²) < 4.78 is 6.47. The number of hydrogen-bond donors (Lipinski definition) is 2. The van der Waals surface area contributed by atoms with Crippen molar-refractivity contribution in [3.63, 3.8) is 0 Å². The number of hydrazine groups is 1. The van der Waals surface area contributed by atoms with Crippen LogP contribution in [0, 0.1) is 0 Å². The minimum atomic E-state index is -0.400. The lowest BCUT2D eigenvalue weighted by Crippen LogP contribution is -2.42. The summed E-state index contributed by atoms with van der Waals surface area (Å²) in [5, 5.41) is 0. The number of hydrogen-bond acceptors (Lipinski definition) is 3. The van der Waals surface area contributed by atoms with Crippen LogP contribution in [0.1, 0.15) is 21.5 Å². The van der Waals surface area contributed by atoms with E-state index in [4.69, 9.17) is 4.74 Å². The van der Waals surface area contributed by atoms with E-state index in [9.17, 15) is 9.59 Å². The summed E-state index contributed by atoms with van der Waals surface area (Å²) in [6.07, 6.45) is 0.988. The average Bonchev–Trinajstić information content (AvgIpc) is 2.74. The number of rotatable bonds is 7. The molecule has 3 aromatic carbocycles. The zero-order chi connectivity index (χ0) is 20.5. The number of carbonyl (C=O) groups excluding carboxylic acids is 2. The molecular formula is C23H21BrN2O3. The first-order valence-corrected chi connectivity index (χ1v) is 10.0. The van der Waals surface area contributed by atoms with Crippen LogP contribution < -0.4 is 15.6 Å². The van der Waals surface area contributed by atoms with E-state index >= 15 is 0 Å². The molecule has 2 N–H and O–H groups in total. The molecule has 0 aliphatic carbocycles. The fourth-order valence-electron chi connectivity index (χ4n) is 2.71. The van der Waals surface area contributed by atoms with Gasteiger partial charge in [-0.05, 0) is 45.3 Å². The van der Waals surface area contributed by atoms with Crippen molar-refractivity contribution in [2.75, 3.05) is 6.61 Å². The summed E-state index contributed by atoms with van der Waals surface area (Å²) in [6, 6.07) is 24.5. The van der Waals surface area contributed by atoms with Gasteiger partial charge in [-0.2, -0.15) is 0 Å². The fourth-order valence-corrected chi connectivity index (χ4v) is 3.20. The van der Waals surface area contributed by atoms with Gasteiger partial charge in [0.25, 0.3) is 5.91 Å². The number of benzene rings is 3. The molecule has 3 aromatic rings. The zero-order valence-corrected chi connectivity index (χ0v) is 17.3. The van der Waals surface area contributed by atoms with Gasteiger partial charge in [0.05, 0.1) is 17.5 Å². The molecule has 3 rings (SSSR count). The number of amides is 2. The molecule has 29 heavy (non-hydrogen) atoms. The number of nitrogens with one attached hydrogen (secondary N) is 2. The molecular weight excluding hydrogens is 432 g/mol. The van der Waals surface area contributed by atoms with Gasteiger partial charge in [0.15, 0.2) is 0 Å². The minimum absolute atomic E-state index is 0.193. The summed E-state index contributed by atoms with van der Waals surface area (Å²) in [6.45, 7) is 0.531. The van der Waals surface area contributed by atoms with Crippen molar-refractivity contribution in [3.05, 3.63) is 100 Å². The van der Waals surface area contributed by atoms with Crippen LogP contribution in [0.25, 0.3) is 0 Å². The molecule has 0 aromatic heterocycles. The molecule has 6 heteroatoms. The second-order valence-electron chi connectivity index (χ2n) is 6.39. The summed E-state index contributed by atoms with van der Waals surface area (Å²) in [4.78, 5) is 24.2. The Morgan fingerprint density at radius 3 is 2.14 bits per heavy atom. The predicted octanol–water partition coefficient (Wildman–Crippen LogP) is 4.07. The monoisotopic (exact) mass is 452 g/mol. The van der Waals surface area contributed by atoms with E-state index in [2.05, 4.69) is 38.9 Å². The molecule has 0 saturated carbocycles. The highest BCUT2D eigenvalue weighted by Crippen LogP contribution is 2.26. The molecule has 0 fully saturated rings. The smallest absolute Gasteiger partial charge is 0.269 e. The number of ether oxygens (including phenoxy) is 1. The van der Waals surface area contributed by atoms with Gasteiger partial charge in [0.2, 0.25) is 5.91 Å². The van der Waals surface area contributed by atoms with Crippen molar-refractivity contribution >= 4 is 27.7 Å². The van der Waals surface area contributed by atoms with Crippen LogP contribution >= 0.6 is 15.9 Å². The Morgan fingerprint density at radius 1 is 0.828 bits per heavy atom. The highest BCUT2D eigenvalue weighted by molar-refractivity contribution is 9.10. The molecule has 0 saturated heterocycles. The van der Waals surface area contributed by atoms with E-state index in [0.29, 0.717) is 22.4 Å². The van der Waals surface area contributed by atoms with Gasteiger partial charge in [0.1, 0.15) is 5.75 Å². The Labute approximate surface area is 178 Å². The van der Waals surface area contributed by atoms with E-state index in [0.717, 1.165) is 12.0 Å². The van der Waals surface area contributed by atoms with Crippen LogP contribution in [0.4, 0.5) is 0 Å². The summed E-state index contributed by atoms with van der Waals surface area (Å²) in [5.74, 6) is -0.0296. The second-order valence-corrected chi connectivity index (χ2v) is 7.25. The number of carbonyl (C=O) groups is 2. The van der Waals surface area contributed by atoms with Crippen molar-refractivity contribution in [3.8, 4) is 5.75 Å². The van der Waals surface area contributed by atoms with Crippen LogP contribution in [-0.2, 0) is 17.6 Å². The molecule has 0 atom stereocenters. The maximum atomic E-state index is 12.3. The molecule has 0 spiro atoms. The average molecular weight is 453 g/mol. The third kappa shape index (κ3) is 6.47. The zero-order valence-electron chi connectivity index (χ0n) is 15.7. The Bertz CT molecular complexity index is 962. The van der Waals surface area contributed by atoms with Gasteiger partial charge in [-0.1, -0.05) is 60.7 Å². The van der Waals surface area contributed by atoms with Crippen molar-refractivity contribution in [1.82, 2.24) is 10.9 Å². The molecule has 0 aliphatic heterocycles. The molecule has 0 heterocycles. The molecule has 0 radical (unpaired) electrons. The molecule has 148 valence electrons. The molecule has 0 bridgehead atoms. The van der Waals surface area contributed by atoms with Gasteiger partial charge in [-0.25, -0.2) is 0 Å². The topological polar surface area (TPSA) is 67.4 Å². The van der Waals surface area contributed by atoms with Crippen molar-refractivity contribution in [2.45, 2.75) is 12.8 Å². The molecule has 2 amide bonds. The Balaban J connectivity index is 1.48. The van der Waals surface area contributed by atoms with Gasteiger partial charge in [0, 0.05) is 12.0 Å². The van der Waals surface area contributed by atoms with Crippen molar-refractivity contribution in [2.24, 2.45) is 0 Å². The van der Waals surface area contributed by atoms with Crippen molar-refractivity contribution < 1.29 is 14.3 Å². The van der Waals surface area contributed by atoms with Gasteiger partial charge in [-0.15, -0.1) is 0 Å². The Morgan fingerprint density at radius 2 is 1.48 bits per heavy atom. The van der Waals surface area contributed by atoms with Crippen LogP contribution in [0.3, 0.4) is 0 Å². The minimum Gasteiger partial charge on any atom is -0.492 e. The van der Waals surface area contributed by atoms with Crippen LogP contribution in [-0.4, -0.2) is 18.4 Å². The van der Waals surface area contributed by atoms with E-state index in [1.165, 1.54) is 5.56 Å². The van der Waals surface area contributed by atoms with E-state index < -0.39 is 5.91 Å². The first-order valence-electron chi connectivity index (χ1n) is 9.21. The first-order chi connectivity index (χ1) is 14.1. The van der Waals surface area contributed by atoms with Gasteiger partial charge >= 0.3 is 0 Å². The van der Waals surface area contributed by atoms with Crippen LogP contribution in [0.2, 0.25) is 0 Å². The second kappa shape index (κ2) is 10.4. The van der Waals surface area contributed by atoms with Gasteiger partial charge in [-0.3, -0.25) is 20.4 Å². The predicted molar refractivity (Wildman–Crippen MR) is 116 cm³/mol. The summed E-state index contributed by atoms with van der Waals surface area (Å²) in [7, 11) is 0. The van der Waals surface area contributed by atoms with E-state index in [1.807, 2.05) is 48.5 Å². The molecule has 0 unspecified atom stereocenters. The van der Waals surface area contributed by atoms with Gasteiger partial charge < -0.3 is 4.74 Å². The lowest BCUT2D eigenvalue weighted by atomic mass is 10.1. The largest absolute Gasteiger partial charge is 0.492 e. The van der Waals surface area contributed by atoms with E-state index in [-0.39, 0.29) is 12.3 Å². The Hall–Kier alpha value is -3.12. The lowest BCUT2D eigenvalue weighted by Gasteiger charge is -2.11. The number of halogens is 1. The first kappa shape index (κ1) is 20.6. The van der Waals surface area contributed by atoms with Crippen LogP contribution in [0.5, 0.6) is 5.75 Å². The molecule has 5 nitrogen and oxygen atoms in total. The third-order valence-electron chi connectivity index (χ3n) is 4.21. The maximum Gasteiger partial charge on any atom is 0.269 e. The highest BCUT2D eigenvalue weighted by Gasteiger charge is 2.11. The SMILES string of the molecule is O=C(Cc1ccccc1)NNC(=O)c1ccc(OCCc2ccccc2)c(Br)c1. The third-order valence-corrected chi connectivity index (χ3v) is 4.83. The Kier molecular flexibility index (Phi) is 7.41. The standard InChI is InChI=1S/C23H21BrN2O3/c24-20-16-19(11-12-21(20)29-14-13-17-7-3-1-4-8-17)23(28)26-25-22(27)15-18-9-5-2-6-10-18/h1-12,16H,13-15H2,(H,25,27)(H,26,28). The quantitative estimate of drug-likeness (QED) is 0.530. The summed E-state index contributed by atoms with van der Waals surface area (Å²) >= 11 is 3.43. The highest BCUT2D eigenvalue weighted by atomic mass is 79.9. The van der Waals surface area contributed by atoms with Crippen LogP contribution in [0.15, 0.2) is 83.3 Å². The summed E-state index contributed by atoms with van der Waals surface area (Å²) in [5.41, 5.74) is 7.34. The molecule has 0 aliphatic rings. The normalized spacial score (nSPS) is 10.2.